The quantitative estimate of drug-likeness (QED) is 0.666. The van der Waals surface area contributed by atoms with Crippen molar-refractivity contribution in [1.82, 2.24) is 10.9 Å². The van der Waals surface area contributed by atoms with Crippen molar-refractivity contribution in [1.29, 1.82) is 0 Å². The molecule has 2 heterocycles. The van der Waals surface area contributed by atoms with Gasteiger partial charge in [-0.2, -0.15) is 0 Å². The van der Waals surface area contributed by atoms with Gasteiger partial charge in [-0.3, -0.25) is 4.79 Å². The topological polar surface area (TPSA) is 65.2 Å². The van der Waals surface area contributed by atoms with Gasteiger partial charge in [0.2, 0.25) is 5.91 Å². The number of amides is 1. The predicted octanol–water partition coefficient (Wildman–Crippen LogP) is 3.30. The van der Waals surface area contributed by atoms with Crippen molar-refractivity contribution in [2.45, 2.75) is 37.1 Å². The van der Waals surface area contributed by atoms with Crippen LogP contribution in [0.4, 0.5) is 15.8 Å². The van der Waals surface area contributed by atoms with Crippen LogP contribution in [0.1, 0.15) is 29.0 Å². The summed E-state index contributed by atoms with van der Waals surface area (Å²) in [4.78, 5) is 12.7. The standard InChI is InChI=1S/C19H21FN4OS/c1-10-6-7-15(20)14-9-16(22-17(10)14)18(25)21-13-5-3-4-12(8-13)19-24-23-11(2)26-19/h3-8,11,16,19,22-24H,9H2,1-2H3,(H,21,25). The molecule has 2 aromatic carbocycles. The van der Waals surface area contributed by atoms with Crippen molar-refractivity contribution in [3.8, 4) is 0 Å². The van der Waals surface area contributed by atoms with E-state index in [4.69, 9.17) is 0 Å². The average molecular weight is 372 g/mol. The van der Waals surface area contributed by atoms with Crippen LogP contribution in [0.25, 0.3) is 0 Å². The lowest BCUT2D eigenvalue weighted by molar-refractivity contribution is -0.116. The van der Waals surface area contributed by atoms with Crippen LogP contribution in [0.3, 0.4) is 0 Å². The second-order valence-electron chi connectivity index (χ2n) is 6.68. The van der Waals surface area contributed by atoms with Gasteiger partial charge in [0.1, 0.15) is 11.9 Å². The molecule has 0 aromatic heterocycles. The maximum Gasteiger partial charge on any atom is 0.247 e. The molecular formula is C19H21FN4OS. The number of aryl methyl sites for hydroxylation is 1. The zero-order chi connectivity index (χ0) is 18.3. The van der Waals surface area contributed by atoms with Gasteiger partial charge in [0.15, 0.2) is 0 Å². The molecule has 1 fully saturated rings. The molecule has 0 spiro atoms. The monoisotopic (exact) mass is 372 g/mol. The Kier molecular flexibility index (Phi) is 4.60. The van der Waals surface area contributed by atoms with E-state index < -0.39 is 6.04 Å². The molecule has 0 bridgehead atoms. The number of carbonyl (C=O) groups is 1. The van der Waals surface area contributed by atoms with Crippen LogP contribution < -0.4 is 21.5 Å². The first-order chi connectivity index (χ1) is 12.5. The van der Waals surface area contributed by atoms with E-state index in [1.54, 1.807) is 17.8 Å². The SMILES string of the molecule is Cc1ccc(F)c2c1NC(C(=O)Nc1cccc(C3NNC(C)S3)c1)C2. The minimum atomic E-state index is -0.468. The third-order valence-corrected chi connectivity index (χ3v) is 5.91. The van der Waals surface area contributed by atoms with E-state index >= 15 is 0 Å². The maximum atomic E-state index is 14.0. The first-order valence-electron chi connectivity index (χ1n) is 8.63. The van der Waals surface area contributed by atoms with Crippen LogP contribution in [0.2, 0.25) is 0 Å². The summed E-state index contributed by atoms with van der Waals surface area (Å²) in [5.41, 5.74) is 10.5. The Morgan fingerprint density at radius 3 is 2.85 bits per heavy atom. The largest absolute Gasteiger partial charge is 0.373 e. The van der Waals surface area contributed by atoms with Crippen LogP contribution in [-0.4, -0.2) is 17.3 Å². The van der Waals surface area contributed by atoms with Gasteiger partial charge in [-0.05, 0) is 43.2 Å². The number of nitrogens with one attached hydrogen (secondary N) is 4. The van der Waals surface area contributed by atoms with E-state index in [9.17, 15) is 9.18 Å². The van der Waals surface area contributed by atoms with Crippen molar-refractivity contribution in [2.24, 2.45) is 0 Å². The Hall–Kier alpha value is -2.09. The number of thioether (sulfide) groups is 1. The van der Waals surface area contributed by atoms with Crippen molar-refractivity contribution in [3.63, 3.8) is 0 Å². The highest BCUT2D eigenvalue weighted by molar-refractivity contribution is 8.00. The second kappa shape index (κ2) is 6.90. The van der Waals surface area contributed by atoms with Gasteiger partial charge in [0.05, 0.1) is 10.7 Å². The van der Waals surface area contributed by atoms with Gasteiger partial charge in [0, 0.05) is 23.4 Å². The molecule has 2 aliphatic rings. The fraction of sp³-hybridized carbons (Fsp3) is 0.316. The van der Waals surface area contributed by atoms with Gasteiger partial charge in [0.25, 0.3) is 0 Å². The van der Waals surface area contributed by atoms with Gasteiger partial charge in [-0.1, -0.05) is 18.2 Å². The summed E-state index contributed by atoms with van der Waals surface area (Å²) in [5.74, 6) is -0.419. The normalized spacial score (nSPS) is 24.2. The number of halogens is 1. The van der Waals surface area contributed by atoms with Crippen molar-refractivity contribution < 1.29 is 9.18 Å². The van der Waals surface area contributed by atoms with Crippen LogP contribution in [0.15, 0.2) is 36.4 Å². The van der Waals surface area contributed by atoms with E-state index in [2.05, 4.69) is 28.4 Å². The number of fused-ring (bicyclic) bond motifs is 1. The second-order valence-corrected chi connectivity index (χ2v) is 8.13. The number of anilines is 2. The van der Waals surface area contributed by atoms with Crippen LogP contribution in [-0.2, 0) is 11.2 Å². The summed E-state index contributed by atoms with van der Waals surface area (Å²) in [6, 6.07) is 10.5. The molecule has 26 heavy (non-hydrogen) atoms. The third-order valence-electron chi connectivity index (χ3n) is 4.72. The molecular weight excluding hydrogens is 351 g/mol. The Morgan fingerprint density at radius 1 is 1.27 bits per heavy atom. The Balaban J connectivity index is 1.46. The number of carbonyl (C=O) groups excluding carboxylic acids is 1. The van der Waals surface area contributed by atoms with Gasteiger partial charge in [-0.25, -0.2) is 15.2 Å². The van der Waals surface area contributed by atoms with Crippen molar-refractivity contribution >= 4 is 29.0 Å². The van der Waals surface area contributed by atoms with E-state index in [0.717, 1.165) is 22.5 Å². The molecule has 1 amide bonds. The number of hydrazine groups is 1. The Morgan fingerprint density at radius 2 is 2.12 bits per heavy atom. The molecule has 5 nitrogen and oxygen atoms in total. The average Bonchev–Trinajstić information content (AvgIpc) is 3.26. The molecule has 2 aliphatic heterocycles. The molecule has 0 radical (unpaired) electrons. The molecule has 3 unspecified atom stereocenters. The molecule has 4 rings (SSSR count). The summed E-state index contributed by atoms with van der Waals surface area (Å²) >= 11 is 1.78. The number of rotatable bonds is 3. The fourth-order valence-electron chi connectivity index (χ4n) is 3.36. The van der Waals surface area contributed by atoms with E-state index in [0.29, 0.717) is 17.4 Å². The summed E-state index contributed by atoms with van der Waals surface area (Å²) in [6.45, 7) is 4.00. The molecule has 2 aromatic rings. The maximum absolute atomic E-state index is 14.0. The Bertz CT molecular complexity index is 828. The van der Waals surface area contributed by atoms with Crippen LogP contribution >= 0.6 is 11.8 Å². The Labute approximate surface area is 156 Å². The molecule has 136 valence electrons. The third kappa shape index (κ3) is 3.30. The first kappa shape index (κ1) is 17.3. The lowest BCUT2D eigenvalue weighted by Crippen LogP contribution is -2.33. The number of benzene rings is 2. The molecule has 0 aliphatic carbocycles. The van der Waals surface area contributed by atoms with E-state index in [-0.39, 0.29) is 17.1 Å². The predicted molar refractivity (Wildman–Crippen MR) is 103 cm³/mol. The fourth-order valence-corrected chi connectivity index (χ4v) is 4.35. The van der Waals surface area contributed by atoms with Crippen molar-refractivity contribution in [2.75, 3.05) is 10.6 Å². The smallest absolute Gasteiger partial charge is 0.247 e. The van der Waals surface area contributed by atoms with Crippen LogP contribution in [0, 0.1) is 12.7 Å². The van der Waals surface area contributed by atoms with Gasteiger partial charge in [-0.15, -0.1) is 11.8 Å². The zero-order valence-corrected chi connectivity index (χ0v) is 15.4. The molecule has 1 saturated heterocycles. The van der Waals surface area contributed by atoms with Crippen LogP contribution in [0.5, 0.6) is 0 Å². The van der Waals surface area contributed by atoms with Gasteiger partial charge < -0.3 is 10.6 Å². The lowest BCUT2D eigenvalue weighted by atomic mass is 10.1. The summed E-state index contributed by atoms with van der Waals surface area (Å²) in [6.07, 6.45) is 0.357. The van der Waals surface area contributed by atoms with E-state index in [1.165, 1.54) is 6.07 Å². The first-order valence-corrected chi connectivity index (χ1v) is 9.57. The highest BCUT2D eigenvalue weighted by Crippen LogP contribution is 2.34. The summed E-state index contributed by atoms with van der Waals surface area (Å²) in [5, 5.41) is 6.59. The van der Waals surface area contributed by atoms with Gasteiger partial charge >= 0.3 is 0 Å². The minimum absolute atomic E-state index is 0.146. The minimum Gasteiger partial charge on any atom is -0.373 e. The van der Waals surface area contributed by atoms with Crippen molar-refractivity contribution in [3.05, 3.63) is 58.9 Å². The number of hydrogen-bond donors (Lipinski definition) is 4. The highest BCUT2D eigenvalue weighted by atomic mass is 32.2. The molecule has 4 N–H and O–H groups in total. The molecule has 3 atom stereocenters. The highest BCUT2D eigenvalue weighted by Gasteiger charge is 2.30. The summed E-state index contributed by atoms with van der Waals surface area (Å²) in [7, 11) is 0. The number of hydrogen-bond acceptors (Lipinski definition) is 5. The van der Waals surface area contributed by atoms with E-state index in [1.807, 2.05) is 31.2 Å². The summed E-state index contributed by atoms with van der Waals surface area (Å²) < 4.78 is 14.0. The molecule has 0 saturated carbocycles. The molecule has 7 heteroatoms. The zero-order valence-electron chi connectivity index (χ0n) is 14.6. The lowest BCUT2D eigenvalue weighted by Gasteiger charge is -2.15.